The number of likely N-dealkylation sites (tertiary alicyclic amines) is 2. The van der Waals surface area contributed by atoms with Crippen LogP contribution in [0, 0.1) is 0 Å². The molecule has 0 atom stereocenters. The lowest BCUT2D eigenvalue weighted by atomic mass is 9.98. The van der Waals surface area contributed by atoms with Crippen LogP contribution in [0.25, 0.3) is 10.9 Å². The molecule has 0 aliphatic carbocycles. The van der Waals surface area contributed by atoms with Gasteiger partial charge >= 0.3 is 0 Å². The van der Waals surface area contributed by atoms with E-state index in [9.17, 15) is 4.79 Å². The third-order valence-corrected chi connectivity index (χ3v) is 6.14. The summed E-state index contributed by atoms with van der Waals surface area (Å²) >= 11 is 0. The van der Waals surface area contributed by atoms with E-state index in [1.807, 2.05) is 36.3 Å². The minimum absolute atomic E-state index is 0.0988. The van der Waals surface area contributed by atoms with Gasteiger partial charge in [-0.15, -0.1) is 0 Å². The standard InChI is InChI=1S/C21H29N3O3/c1-26-17-7-11-23(12-8-17)16-5-9-24(10-6-16)21(25)20-13-15-3-4-18(27-2)14-19(15)22-20/h3-4,13-14,16-17,22H,5-12H2,1-2H3. The van der Waals surface area contributed by atoms with E-state index in [0.29, 0.717) is 17.8 Å². The zero-order valence-electron chi connectivity index (χ0n) is 16.2. The zero-order chi connectivity index (χ0) is 18.8. The number of nitrogens with zero attached hydrogens (tertiary/aromatic N) is 2. The van der Waals surface area contributed by atoms with Crippen molar-refractivity contribution in [2.24, 2.45) is 0 Å². The second kappa shape index (κ2) is 7.90. The Balaban J connectivity index is 1.36. The normalized spacial score (nSPS) is 20.3. The molecule has 2 aliphatic heterocycles. The van der Waals surface area contributed by atoms with Gasteiger partial charge < -0.3 is 24.3 Å². The van der Waals surface area contributed by atoms with E-state index in [-0.39, 0.29) is 5.91 Å². The average Bonchev–Trinajstić information content (AvgIpc) is 3.16. The maximum atomic E-state index is 12.9. The predicted molar refractivity (Wildman–Crippen MR) is 105 cm³/mol. The Hall–Kier alpha value is -2.05. The van der Waals surface area contributed by atoms with Gasteiger partial charge in [0.25, 0.3) is 5.91 Å². The molecule has 4 rings (SSSR count). The molecule has 2 saturated heterocycles. The van der Waals surface area contributed by atoms with Crippen LogP contribution in [0.1, 0.15) is 36.2 Å². The Morgan fingerprint density at radius 1 is 1.04 bits per heavy atom. The first-order valence-corrected chi connectivity index (χ1v) is 9.91. The summed E-state index contributed by atoms with van der Waals surface area (Å²) in [5.41, 5.74) is 1.60. The Kier molecular flexibility index (Phi) is 5.36. The molecule has 1 aromatic heterocycles. The largest absolute Gasteiger partial charge is 0.497 e. The number of fused-ring (bicyclic) bond motifs is 1. The Bertz CT molecular complexity index is 787. The molecule has 2 fully saturated rings. The molecule has 27 heavy (non-hydrogen) atoms. The van der Waals surface area contributed by atoms with E-state index < -0.39 is 0 Å². The van der Waals surface area contributed by atoms with Crippen LogP contribution < -0.4 is 4.74 Å². The lowest BCUT2D eigenvalue weighted by Crippen LogP contribution is -2.49. The highest BCUT2D eigenvalue weighted by molar-refractivity contribution is 5.98. The predicted octanol–water partition coefficient (Wildman–Crippen LogP) is 2.89. The summed E-state index contributed by atoms with van der Waals surface area (Å²) in [6.07, 6.45) is 4.76. The fourth-order valence-corrected chi connectivity index (χ4v) is 4.43. The second-order valence-electron chi connectivity index (χ2n) is 7.63. The number of carbonyl (C=O) groups excluding carboxylic acids is 1. The summed E-state index contributed by atoms with van der Waals surface area (Å²) in [5, 5.41) is 1.04. The number of H-pyrrole nitrogens is 1. The minimum atomic E-state index is 0.0988. The smallest absolute Gasteiger partial charge is 0.270 e. The van der Waals surface area contributed by atoms with Crippen molar-refractivity contribution in [3.63, 3.8) is 0 Å². The van der Waals surface area contributed by atoms with Gasteiger partial charge in [-0.25, -0.2) is 0 Å². The van der Waals surface area contributed by atoms with Crippen molar-refractivity contribution in [2.45, 2.75) is 37.8 Å². The molecule has 2 aliphatic rings. The van der Waals surface area contributed by atoms with Crippen molar-refractivity contribution >= 4 is 16.8 Å². The molecular formula is C21H29N3O3. The van der Waals surface area contributed by atoms with E-state index in [0.717, 1.165) is 68.5 Å². The van der Waals surface area contributed by atoms with Gasteiger partial charge in [0.15, 0.2) is 0 Å². The lowest BCUT2D eigenvalue weighted by Gasteiger charge is -2.41. The number of amides is 1. The number of aromatic amines is 1. The molecule has 0 bridgehead atoms. The quantitative estimate of drug-likeness (QED) is 0.898. The van der Waals surface area contributed by atoms with Gasteiger partial charge in [-0.3, -0.25) is 4.79 Å². The summed E-state index contributed by atoms with van der Waals surface area (Å²) in [7, 11) is 3.46. The fraction of sp³-hybridized carbons (Fsp3) is 0.571. The first kappa shape index (κ1) is 18.3. The van der Waals surface area contributed by atoms with E-state index >= 15 is 0 Å². The van der Waals surface area contributed by atoms with E-state index in [4.69, 9.17) is 9.47 Å². The number of rotatable bonds is 4. The molecule has 1 N–H and O–H groups in total. The molecule has 0 saturated carbocycles. The van der Waals surface area contributed by atoms with Gasteiger partial charge in [-0.1, -0.05) is 0 Å². The summed E-state index contributed by atoms with van der Waals surface area (Å²) < 4.78 is 10.7. The van der Waals surface area contributed by atoms with Gasteiger partial charge in [0.1, 0.15) is 11.4 Å². The maximum Gasteiger partial charge on any atom is 0.270 e. The highest BCUT2D eigenvalue weighted by atomic mass is 16.5. The molecule has 2 aromatic rings. The van der Waals surface area contributed by atoms with Crippen LogP contribution in [0.15, 0.2) is 24.3 Å². The van der Waals surface area contributed by atoms with Crippen molar-refractivity contribution in [2.75, 3.05) is 40.4 Å². The molecule has 1 amide bonds. The third-order valence-electron chi connectivity index (χ3n) is 6.14. The maximum absolute atomic E-state index is 12.9. The molecule has 6 heteroatoms. The van der Waals surface area contributed by atoms with Crippen LogP contribution >= 0.6 is 0 Å². The Morgan fingerprint density at radius 2 is 1.78 bits per heavy atom. The second-order valence-corrected chi connectivity index (χ2v) is 7.63. The Labute approximate surface area is 160 Å². The number of hydrogen-bond donors (Lipinski definition) is 1. The fourth-order valence-electron chi connectivity index (χ4n) is 4.43. The molecule has 1 aromatic carbocycles. The minimum Gasteiger partial charge on any atom is -0.497 e. The van der Waals surface area contributed by atoms with E-state index in [2.05, 4.69) is 9.88 Å². The van der Waals surface area contributed by atoms with E-state index in [1.165, 1.54) is 0 Å². The van der Waals surface area contributed by atoms with Crippen LogP contribution in [0.5, 0.6) is 5.75 Å². The van der Waals surface area contributed by atoms with Gasteiger partial charge in [-0.2, -0.15) is 0 Å². The van der Waals surface area contributed by atoms with Crippen molar-refractivity contribution < 1.29 is 14.3 Å². The number of methoxy groups -OCH3 is 2. The van der Waals surface area contributed by atoms with Crippen LogP contribution in [-0.4, -0.2) is 73.2 Å². The number of aromatic nitrogens is 1. The summed E-state index contributed by atoms with van der Waals surface area (Å²) in [4.78, 5) is 20.8. The summed E-state index contributed by atoms with van der Waals surface area (Å²) in [5.74, 6) is 0.892. The average molecular weight is 371 g/mol. The van der Waals surface area contributed by atoms with Gasteiger partial charge in [0, 0.05) is 56.3 Å². The van der Waals surface area contributed by atoms with Crippen molar-refractivity contribution in [3.05, 3.63) is 30.0 Å². The van der Waals surface area contributed by atoms with Gasteiger partial charge in [0.2, 0.25) is 0 Å². The molecule has 0 radical (unpaired) electrons. The van der Waals surface area contributed by atoms with Crippen molar-refractivity contribution in [3.8, 4) is 5.75 Å². The first-order valence-electron chi connectivity index (χ1n) is 9.91. The third kappa shape index (κ3) is 3.82. The van der Waals surface area contributed by atoms with Crippen molar-refractivity contribution in [1.82, 2.24) is 14.8 Å². The van der Waals surface area contributed by atoms with Crippen LogP contribution in [0.2, 0.25) is 0 Å². The molecular weight excluding hydrogens is 342 g/mol. The summed E-state index contributed by atoms with van der Waals surface area (Å²) in [6.45, 7) is 3.88. The lowest BCUT2D eigenvalue weighted by molar-refractivity contribution is 0.0145. The molecule has 0 spiro atoms. The molecule has 6 nitrogen and oxygen atoms in total. The SMILES string of the molecule is COc1ccc2cc(C(=O)N3CCC(N4CCC(OC)CC4)CC3)[nH]c2c1. The number of hydrogen-bond acceptors (Lipinski definition) is 4. The highest BCUT2D eigenvalue weighted by Gasteiger charge is 2.30. The summed E-state index contributed by atoms with van der Waals surface area (Å²) in [6, 6.07) is 8.37. The monoisotopic (exact) mass is 371 g/mol. The number of nitrogens with one attached hydrogen (secondary N) is 1. The Morgan fingerprint density at radius 3 is 2.44 bits per heavy atom. The topological polar surface area (TPSA) is 57.8 Å². The van der Waals surface area contributed by atoms with Gasteiger partial charge in [0.05, 0.1) is 13.2 Å². The first-order chi connectivity index (χ1) is 13.2. The number of carbonyl (C=O) groups is 1. The van der Waals surface area contributed by atoms with Crippen molar-refractivity contribution in [1.29, 1.82) is 0 Å². The number of ether oxygens (including phenoxy) is 2. The zero-order valence-corrected chi connectivity index (χ0v) is 16.2. The van der Waals surface area contributed by atoms with Gasteiger partial charge in [-0.05, 0) is 43.9 Å². The van der Waals surface area contributed by atoms with Crippen LogP contribution in [0.3, 0.4) is 0 Å². The number of benzene rings is 1. The van der Waals surface area contributed by atoms with Crippen LogP contribution in [0.4, 0.5) is 0 Å². The molecule has 3 heterocycles. The van der Waals surface area contributed by atoms with Crippen LogP contribution in [-0.2, 0) is 4.74 Å². The highest BCUT2D eigenvalue weighted by Crippen LogP contribution is 2.25. The molecule has 0 unspecified atom stereocenters. The molecule has 146 valence electrons. The van der Waals surface area contributed by atoms with E-state index in [1.54, 1.807) is 7.11 Å². The number of piperidine rings is 2.